The molecule has 12 nitrogen and oxygen atoms in total. The summed E-state index contributed by atoms with van der Waals surface area (Å²) in [6.45, 7) is 0. The van der Waals surface area contributed by atoms with Crippen LogP contribution in [0.1, 0.15) is 35.4 Å². The number of hydrazine groups is 1. The van der Waals surface area contributed by atoms with Crippen LogP contribution in [0.5, 0.6) is 5.75 Å². The van der Waals surface area contributed by atoms with Crippen molar-refractivity contribution in [3.05, 3.63) is 134 Å². The van der Waals surface area contributed by atoms with Crippen LogP contribution < -0.4 is 10.3 Å². The number of nitro benzene ring substituents is 1. The molecule has 280 valence electrons. The zero-order valence-electron chi connectivity index (χ0n) is 28.0. The normalized spacial score (nSPS) is 26.1. The van der Waals surface area contributed by atoms with E-state index in [1.165, 1.54) is 42.5 Å². The van der Waals surface area contributed by atoms with Crippen LogP contribution in [-0.4, -0.2) is 43.7 Å². The van der Waals surface area contributed by atoms with Gasteiger partial charge in [-0.15, -0.1) is 0 Å². The van der Waals surface area contributed by atoms with Crippen molar-refractivity contribution in [3.63, 3.8) is 0 Å². The Hall–Kier alpha value is -5.80. The number of rotatable bonds is 6. The maximum absolute atomic E-state index is 15.2. The summed E-state index contributed by atoms with van der Waals surface area (Å²) < 4.78 is 40.3. The standard InChI is InChI=1S/C38H26Cl2F3N5O7/c39-21-9-7-19(8-10-21)37-28(34(51)47(36(37)53)45-32-29(40)14-20(17-44-32)38(41,42)43)16-27-25(31(37)18-3-1-6-24(49)13-18)11-12-26-30(27)35(52)46(33(26)50)22-4-2-5-23(15-22)48(54)55/h1-11,13-15,17,26-28,30-31,49H,12,16H2,(H,44,45)/t26-,27+,28-,30-,31-,37+/m0/s1. The monoisotopic (exact) mass is 791 g/mol. The van der Waals surface area contributed by atoms with Gasteiger partial charge in [-0.3, -0.25) is 34.7 Å². The number of imide groups is 2. The van der Waals surface area contributed by atoms with Gasteiger partial charge in [-0.05, 0) is 66.3 Å². The number of amides is 4. The van der Waals surface area contributed by atoms with E-state index in [1.54, 1.807) is 30.3 Å². The first-order valence-electron chi connectivity index (χ1n) is 16.9. The number of allylic oxidation sites excluding steroid dienone is 2. The number of anilines is 2. The van der Waals surface area contributed by atoms with E-state index in [2.05, 4.69) is 10.4 Å². The van der Waals surface area contributed by atoms with Gasteiger partial charge in [0.15, 0.2) is 5.82 Å². The van der Waals surface area contributed by atoms with Gasteiger partial charge in [-0.25, -0.2) is 9.88 Å². The van der Waals surface area contributed by atoms with Gasteiger partial charge in [0.25, 0.3) is 17.5 Å². The molecule has 1 saturated carbocycles. The Balaban J connectivity index is 1.29. The summed E-state index contributed by atoms with van der Waals surface area (Å²) in [5.74, 6) is -8.45. The number of carbonyl (C=O) groups excluding carboxylic acids is 4. The van der Waals surface area contributed by atoms with Crippen LogP contribution in [0.25, 0.3) is 0 Å². The molecule has 3 heterocycles. The van der Waals surface area contributed by atoms with Crippen molar-refractivity contribution in [2.24, 2.45) is 23.7 Å². The van der Waals surface area contributed by atoms with Crippen molar-refractivity contribution in [1.29, 1.82) is 0 Å². The number of pyridine rings is 1. The smallest absolute Gasteiger partial charge is 0.417 e. The zero-order valence-corrected chi connectivity index (χ0v) is 29.5. The third-order valence-electron chi connectivity index (χ3n) is 11.1. The number of hydrogen-bond acceptors (Lipinski definition) is 9. The highest BCUT2D eigenvalue weighted by molar-refractivity contribution is 6.33. The number of benzene rings is 3. The van der Waals surface area contributed by atoms with Gasteiger partial charge < -0.3 is 5.11 Å². The number of non-ortho nitro benzene ring substituents is 1. The number of aromatic nitrogens is 1. The van der Waals surface area contributed by atoms with E-state index in [-0.39, 0.29) is 30.0 Å². The summed E-state index contributed by atoms with van der Waals surface area (Å²) in [6.07, 6.45) is -2.57. The highest BCUT2D eigenvalue weighted by atomic mass is 35.5. The Bertz CT molecular complexity index is 2370. The Morgan fingerprint density at radius 1 is 0.927 bits per heavy atom. The molecule has 0 spiro atoms. The number of fused-ring (bicyclic) bond motifs is 4. The van der Waals surface area contributed by atoms with Gasteiger partial charge in [0.1, 0.15) is 5.75 Å². The maximum Gasteiger partial charge on any atom is 0.417 e. The number of nitro groups is 1. The highest BCUT2D eigenvalue weighted by Crippen LogP contribution is 2.64. The van der Waals surface area contributed by atoms with Gasteiger partial charge >= 0.3 is 6.18 Å². The minimum Gasteiger partial charge on any atom is -0.508 e. The lowest BCUT2D eigenvalue weighted by atomic mass is 9.49. The molecule has 2 aliphatic heterocycles. The number of phenolic OH excluding ortho intramolecular Hbond substituents is 1. The molecule has 2 N–H and O–H groups in total. The summed E-state index contributed by atoms with van der Waals surface area (Å²) in [7, 11) is 0. The lowest BCUT2D eigenvalue weighted by Gasteiger charge is -2.50. The van der Waals surface area contributed by atoms with Gasteiger partial charge in [0, 0.05) is 29.3 Å². The number of carbonyl (C=O) groups is 4. The van der Waals surface area contributed by atoms with E-state index in [0.717, 1.165) is 11.0 Å². The van der Waals surface area contributed by atoms with E-state index in [4.69, 9.17) is 23.2 Å². The Labute approximate surface area is 319 Å². The summed E-state index contributed by atoms with van der Waals surface area (Å²) in [5.41, 5.74) is 0.599. The topological polar surface area (TPSA) is 163 Å². The van der Waals surface area contributed by atoms with Gasteiger partial charge in [0.05, 0.1) is 44.4 Å². The van der Waals surface area contributed by atoms with Crippen LogP contribution >= 0.6 is 23.2 Å². The number of phenols is 1. The lowest BCUT2D eigenvalue weighted by molar-refractivity contribution is -0.384. The van der Waals surface area contributed by atoms with Gasteiger partial charge in [-0.2, -0.15) is 18.2 Å². The van der Waals surface area contributed by atoms with Crippen LogP contribution in [0.3, 0.4) is 0 Å². The molecule has 0 radical (unpaired) electrons. The number of halogens is 5. The van der Waals surface area contributed by atoms with Crippen LogP contribution in [0, 0.1) is 33.8 Å². The van der Waals surface area contributed by atoms with E-state index in [1.807, 2.05) is 0 Å². The second-order valence-corrected chi connectivity index (χ2v) is 14.6. The molecular weight excluding hydrogens is 766 g/mol. The van der Waals surface area contributed by atoms with E-state index < -0.39 is 86.1 Å². The fraction of sp³-hybridized carbons (Fsp3) is 0.237. The average molecular weight is 793 g/mol. The summed E-state index contributed by atoms with van der Waals surface area (Å²) in [6, 6.07) is 18.1. The van der Waals surface area contributed by atoms with Crippen LogP contribution in [-0.2, 0) is 30.8 Å². The quantitative estimate of drug-likeness (QED) is 0.0889. The molecule has 6 atom stereocenters. The summed E-state index contributed by atoms with van der Waals surface area (Å²) in [5, 5.41) is 22.8. The third kappa shape index (κ3) is 5.55. The van der Waals surface area contributed by atoms with Crippen molar-refractivity contribution in [2.45, 2.75) is 30.4 Å². The largest absolute Gasteiger partial charge is 0.508 e. The number of nitrogens with one attached hydrogen (secondary N) is 1. The number of hydrogen-bond donors (Lipinski definition) is 2. The van der Waals surface area contributed by atoms with E-state index in [9.17, 15) is 42.8 Å². The summed E-state index contributed by atoms with van der Waals surface area (Å²) >= 11 is 12.5. The minimum atomic E-state index is -4.78. The average Bonchev–Trinajstić information content (AvgIpc) is 3.52. The Morgan fingerprint density at radius 3 is 2.33 bits per heavy atom. The van der Waals surface area contributed by atoms with Crippen LogP contribution in [0.4, 0.5) is 30.4 Å². The van der Waals surface area contributed by atoms with Crippen molar-refractivity contribution in [1.82, 2.24) is 9.99 Å². The van der Waals surface area contributed by atoms with Crippen molar-refractivity contribution in [2.75, 3.05) is 10.3 Å². The molecular formula is C38H26Cl2F3N5O7. The molecule has 4 aliphatic rings. The van der Waals surface area contributed by atoms with E-state index in [0.29, 0.717) is 39.0 Å². The number of aromatic hydroxyl groups is 1. The Morgan fingerprint density at radius 2 is 1.65 bits per heavy atom. The minimum absolute atomic E-state index is 0.0134. The molecule has 2 saturated heterocycles. The van der Waals surface area contributed by atoms with Crippen LogP contribution in [0.15, 0.2) is 96.7 Å². The van der Waals surface area contributed by atoms with Gasteiger partial charge in [0.2, 0.25) is 11.8 Å². The molecule has 2 aliphatic carbocycles. The fourth-order valence-electron chi connectivity index (χ4n) is 8.86. The fourth-order valence-corrected chi connectivity index (χ4v) is 9.20. The second-order valence-electron chi connectivity index (χ2n) is 13.8. The Kier molecular flexibility index (Phi) is 8.50. The first-order valence-corrected chi connectivity index (χ1v) is 17.6. The van der Waals surface area contributed by atoms with Gasteiger partial charge in [-0.1, -0.05) is 65.2 Å². The third-order valence-corrected chi connectivity index (χ3v) is 11.6. The van der Waals surface area contributed by atoms with Crippen molar-refractivity contribution >= 4 is 64.0 Å². The molecule has 4 amide bonds. The molecule has 55 heavy (non-hydrogen) atoms. The molecule has 0 unspecified atom stereocenters. The molecule has 3 aromatic carbocycles. The molecule has 17 heteroatoms. The van der Waals surface area contributed by atoms with Crippen molar-refractivity contribution in [3.8, 4) is 5.75 Å². The highest BCUT2D eigenvalue weighted by Gasteiger charge is 2.70. The van der Waals surface area contributed by atoms with Crippen LogP contribution in [0.2, 0.25) is 10.0 Å². The second kappa shape index (κ2) is 12.9. The first-order chi connectivity index (χ1) is 26.1. The van der Waals surface area contributed by atoms with Crippen molar-refractivity contribution < 1.29 is 42.4 Å². The SMILES string of the molecule is O=C1[C@@H]2C[C@@H]3C(=CC[C@@H]4C(=O)N(c5cccc([N+](=O)[O-])c5)C(=O)[C@@H]43)[C@H](c3cccc(O)c3)[C@]2(c2ccc(Cl)cc2)C(=O)N1Nc1ncc(C(F)(F)F)cc1Cl. The predicted molar refractivity (Wildman–Crippen MR) is 191 cm³/mol. The zero-order chi connectivity index (χ0) is 39.1. The number of alkyl halides is 3. The molecule has 0 bridgehead atoms. The first kappa shape index (κ1) is 36.2. The maximum atomic E-state index is 15.2. The molecule has 1 aromatic heterocycles. The summed E-state index contributed by atoms with van der Waals surface area (Å²) in [4.78, 5) is 74.0. The predicted octanol–water partition coefficient (Wildman–Crippen LogP) is 7.21. The molecule has 3 fully saturated rings. The molecule has 8 rings (SSSR count). The molecule has 4 aromatic rings. The lowest BCUT2D eigenvalue weighted by Crippen LogP contribution is -2.53. The van der Waals surface area contributed by atoms with E-state index >= 15 is 4.79 Å². The number of nitrogens with zero attached hydrogens (tertiary/aromatic N) is 4.